The summed E-state index contributed by atoms with van der Waals surface area (Å²) in [6.07, 6.45) is 3.16. The Morgan fingerprint density at radius 2 is 1.88 bits per heavy atom. The third kappa shape index (κ3) is 3.91. The molecule has 6 nitrogen and oxygen atoms in total. The first kappa shape index (κ1) is 16.0. The second-order valence-electron chi connectivity index (χ2n) is 5.18. The zero-order chi connectivity index (χ0) is 16.9. The van der Waals surface area contributed by atoms with Crippen molar-refractivity contribution in [1.82, 2.24) is 14.8 Å². The summed E-state index contributed by atoms with van der Waals surface area (Å²) >= 11 is 5.82. The number of rotatable bonds is 5. The Kier molecular flexibility index (Phi) is 4.77. The van der Waals surface area contributed by atoms with Gasteiger partial charge in [-0.25, -0.2) is 0 Å². The van der Waals surface area contributed by atoms with Crippen molar-refractivity contribution in [3.63, 3.8) is 0 Å². The summed E-state index contributed by atoms with van der Waals surface area (Å²) in [5.41, 5.74) is 2.51. The molecule has 24 heavy (non-hydrogen) atoms. The molecule has 0 saturated heterocycles. The van der Waals surface area contributed by atoms with E-state index in [-0.39, 0.29) is 12.5 Å². The van der Waals surface area contributed by atoms with Gasteiger partial charge in [0.2, 0.25) is 0 Å². The van der Waals surface area contributed by atoms with E-state index in [1.807, 2.05) is 25.1 Å². The predicted molar refractivity (Wildman–Crippen MR) is 91.7 cm³/mol. The minimum Gasteiger partial charge on any atom is -0.482 e. The molecule has 1 amide bonds. The summed E-state index contributed by atoms with van der Waals surface area (Å²) in [4.78, 5) is 12.0. The number of nitrogens with one attached hydrogen (secondary N) is 1. The van der Waals surface area contributed by atoms with Gasteiger partial charge in [-0.2, -0.15) is 0 Å². The van der Waals surface area contributed by atoms with Crippen molar-refractivity contribution < 1.29 is 9.53 Å². The molecule has 7 heteroatoms. The first-order valence-corrected chi connectivity index (χ1v) is 7.63. The van der Waals surface area contributed by atoms with E-state index in [0.29, 0.717) is 16.5 Å². The van der Waals surface area contributed by atoms with Gasteiger partial charge < -0.3 is 10.1 Å². The van der Waals surface area contributed by atoms with Crippen LogP contribution in [0, 0.1) is 6.92 Å². The number of benzene rings is 2. The Balaban J connectivity index is 1.68. The lowest BCUT2D eigenvalue weighted by Crippen LogP contribution is -2.20. The van der Waals surface area contributed by atoms with Gasteiger partial charge >= 0.3 is 0 Å². The SMILES string of the molecule is Cc1ccc(OCC(=O)Nc2ccc(Cl)cc2)c(-n2cnnc2)c1. The average molecular weight is 343 g/mol. The van der Waals surface area contributed by atoms with E-state index in [1.165, 1.54) is 0 Å². The summed E-state index contributed by atoms with van der Waals surface area (Å²) in [5, 5.41) is 11.0. The van der Waals surface area contributed by atoms with E-state index in [1.54, 1.807) is 41.5 Å². The molecule has 122 valence electrons. The van der Waals surface area contributed by atoms with Crippen LogP contribution in [0.25, 0.3) is 5.69 Å². The van der Waals surface area contributed by atoms with Gasteiger partial charge in [-0.3, -0.25) is 9.36 Å². The minimum atomic E-state index is -0.257. The molecular weight excluding hydrogens is 328 g/mol. The van der Waals surface area contributed by atoms with Crippen molar-refractivity contribution in [1.29, 1.82) is 0 Å². The Morgan fingerprint density at radius 1 is 1.17 bits per heavy atom. The number of aromatic nitrogens is 3. The van der Waals surface area contributed by atoms with Crippen LogP contribution in [0.4, 0.5) is 5.69 Å². The Morgan fingerprint density at radius 3 is 2.58 bits per heavy atom. The number of carbonyl (C=O) groups is 1. The van der Waals surface area contributed by atoms with Crippen LogP contribution >= 0.6 is 11.6 Å². The van der Waals surface area contributed by atoms with Gasteiger partial charge in [-0.05, 0) is 48.9 Å². The van der Waals surface area contributed by atoms with Crippen LogP contribution in [-0.4, -0.2) is 27.3 Å². The third-order valence-corrected chi connectivity index (χ3v) is 3.55. The number of carbonyl (C=O) groups excluding carboxylic acids is 1. The minimum absolute atomic E-state index is 0.110. The smallest absolute Gasteiger partial charge is 0.262 e. The van der Waals surface area contributed by atoms with Crippen LogP contribution in [0.5, 0.6) is 5.75 Å². The molecule has 1 heterocycles. The fourth-order valence-electron chi connectivity index (χ4n) is 2.15. The van der Waals surface area contributed by atoms with E-state index < -0.39 is 0 Å². The summed E-state index contributed by atoms with van der Waals surface area (Å²) in [6, 6.07) is 12.6. The van der Waals surface area contributed by atoms with Crippen molar-refractivity contribution in [3.8, 4) is 11.4 Å². The van der Waals surface area contributed by atoms with Crippen LogP contribution in [0.15, 0.2) is 55.1 Å². The number of amides is 1. The lowest BCUT2D eigenvalue weighted by Gasteiger charge is -2.12. The van der Waals surface area contributed by atoms with Crippen LogP contribution in [-0.2, 0) is 4.79 Å². The second-order valence-corrected chi connectivity index (χ2v) is 5.62. The highest BCUT2D eigenvalue weighted by Gasteiger charge is 2.09. The Hall–Kier alpha value is -2.86. The highest BCUT2D eigenvalue weighted by molar-refractivity contribution is 6.30. The van der Waals surface area contributed by atoms with E-state index in [9.17, 15) is 4.79 Å². The predicted octanol–water partition coefficient (Wildman–Crippen LogP) is 3.25. The number of hydrogen-bond donors (Lipinski definition) is 1. The third-order valence-electron chi connectivity index (χ3n) is 3.30. The number of nitrogens with zero attached hydrogens (tertiary/aromatic N) is 3. The Bertz CT molecular complexity index is 832. The molecule has 0 aliphatic carbocycles. The molecule has 0 bridgehead atoms. The molecule has 0 saturated carbocycles. The molecule has 0 spiro atoms. The molecule has 0 atom stereocenters. The van der Waals surface area contributed by atoms with Crippen LogP contribution in [0.3, 0.4) is 0 Å². The molecular formula is C17H15ClN4O2. The van der Waals surface area contributed by atoms with Crippen LogP contribution < -0.4 is 10.1 Å². The van der Waals surface area contributed by atoms with Gasteiger partial charge in [-0.1, -0.05) is 17.7 Å². The van der Waals surface area contributed by atoms with Gasteiger partial charge in [0.25, 0.3) is 5.91 Å². The standard InChI is InChI=1S/C17H15ClN4O2/c1-12-2-7-16(15(8-12)22-10-19-20-11-22)24-9-17(23)21-14-5-3-13(18)4-6-14/h2-8,10-11H,9H2,1H3,(H,21,23). The van der Waals surface area contributed by atoms with Gasteiger partial charge in [0.05, 0.1) is 5.69 Å². The number of aryl methyl sites for hydroxylation is 1. The van der Waals surface area contributed by atoms with E-state index >= 15 is 0 Å². The van der Waals surface area contributed by atoms with Crippen molar-refractivity contribution in [2.75, 3.05) is 11.9 Å². The molecule has 0 radical (unpaired) electrons. The maximum atomic E-state index is 12.0. The van der Waals surface area contributed by atoms with E-state index in [2.05, 4.69) is 15.5 Å². The van der Waals surface area contributed by atoms with E-state index in [0.717, 1.165) is 11.3 Å². The first-order valence-electron chi connectivity index (χ1n) is 7.26. The van der Waals surface area contributed by atoms with Crippen molar-refractivity contribution in [2.24, 2.45) is 0 Å². The van der Waals surface area contributed by atoms with E-state index in [4.69, 9.17) is 16.3 Å². The monoisotopic (exact) mass is 342 g/mol. The quantitative estimate of drug-likeness (QED) is 0.772. The number of anilines is 1. The molecule has 1 aromatic heterocycles. The molecule has 0 fully saturated rings. The Labute approximate surface area is 144 Å². The van der Waals surface area contributed by atoms with Gasteiger partial charge in [-0.15, -0.1) is 10.2 Å². The lowest BCUT2D eigenvalue weighted by atomic mass is 10.2. The fourth-order valence-corrected chi connectivity index (χ4v) is 2.28. The fraction of sp³-hybridized carbons (Fsp3) is 0.118. The number of halogens is 1. The maximum Gasteiger partial charge on any atom is 0.262 e. The van der Waals surface area contributed by atoms with Crippen LogP contribution in [0.2, 0.25) is 5.02 Å². The van der Waals surface area contributed by atoms with Gasteiger partial charge in [0.15, 0.2) is 6.61 Å². The zero-order valence-electron chi connectivity index (χ0n) is 12.9. The molecule has 0 unspecified atom stereocenters. The number of ether oxygens (including phenoxy) is 1. The summed E-state index contributed by atoms with van der Waals surface area (Å²) < 4.78 is 7.39. The van der Waals surface area contributed by atoms with Gasteiger partial charge in [0.1, 0.15) is 18.4 Å². The highest BCUT2D eigenvalue weighted by Crippen LogP contribution is 2.24. The van der Waals surface area contributed by atoms with Crippen molar-refractivity contribution in [3.05, 3.63) is 65.7 Å². The van der Waals surface area contributed by atoms with Gasteiger partial charge in [0, 0.05) is 10.7 Å². The first-order chi connectivity index (χ1) is 11.6. The highest BCUT2D eigenvalue weighted by atomic mass is 35.5. The average Bonchev–Trinajstić information content (AvgIpc) is 3.10. The van der Waals surface area contributed by atoms with Crippen molar-refractivity contribution >= 4 is 23.2 Å². The summed E-state index contributed by atoms with van der Waals surface area (Å²) in [6.45, 7) is 1.87. The molecule has 2 aromatic carbocycles. The van der Waals surface area contributed by atoms with Crippen molar-refractivity contribution in [2.45, 2.75) is 6.92 Å². The molecule has 0 aliphatic rings. The molecule has 3 rings (SSSR count). The normalized spacial score (nSPS) is 10.4. The second kappa shape index (κ2) is 7.14. The summed E-state index contributed by atoms with van der Waals surface area (Å²) in [7, 11) is 0. The lowest BCUT2D eigenvalue weighted by molar-refractivity contribution is -0.118. The zero-order valence-corrected chi connectivity index (χ0v) is 13.7. The maximum absolute atomic E-state index is 12.0. The topological polar surface area (TPSA) is 69.0 Å². The summed E-state index contributed by atoms with van der Waals surface area (Å²) in [5.74, 6) is 0.319. The molecule has 3 aromatic rings. The molecule has 1 N–H and O–H groups in total. The molecule has 0 aliphatic heterocycles. The largest absolute Gasteiger partial charge is 0.482 e. The number of hydrogen-bond acceptors (Lipinski definition) is 4. The van der Waals surface area contributed by atoms with Crippen LogP contribution in [0.1, 0.15) is 5.56 Å².